The van der Waals surface area contributed by atoms with Crippen molar-refractivity contribution in [1.82, 2.24) is 29.1 Å². The molecule has 8 heteroatoms. The van der Waals surface area contributed by atoms with E-state index in [1.54, 1.807) is 0 Å². The summed E-state index contributed by atoms with van der Waals surface area (Å²) in [7, 11) is 0. The fraction of sp³-hybridized carbons (Fsp3) is 0. The van der Waals surface area contributed by atoms with Gasteiger partial charge in [0, 0.05) is 61.9 Å². The number of rotatable bonds is 8. The molecular weight excluding hydrogens is 881 g/mol. The maximum Gasteiger partial charge on any atom is 0.194 e. The van der Waals surface area contributed by atoms with Crippen LogP contribution >= 0.6 is 0 Å². The van der Waals surface area contributed by atoms with Crippen LogP contribution in [-0.4, -0.2) is 29.1 Å². The molecule has 72 heavy (non-hydrogen) atoms. The standard InChI is InChI=1S/C64H38N8/c1-66-56-25-13-10-22-48(56)44-29-32-59-53(37-44)49-23-11-14-26-57(49)71(59)46-30-31-51(64-69-62(41-16-4-2-5-17-41)68-63(70-64)42-18-6-3-7-19-42)52(38-46)55-40-67-35-34-61(55)72-58-27-15-12-24-50(58)54-36-43(28-33-60(54)72)47-21-9-8-20-45(47)39-65/h2-38,40H. The van der Waals surface area contributed by atoms with Gasteiger partial charge in [-0.05, 0) is 94.5 Å². The van der Waals surface area contributed by atoms with Crippen molar-refractivity contribution in [3.8, 4) is 85.0 Å². The Balaban J connectivity index is 1.08. The predicted molar refractivity (Wildman–Crippen MR) is 290 cm³/mol. The molecule has 0 amide bonds. The molecule has 0 N–H and O–H groups in total. The van der Waals surface area contributed by atoms with E-state index in [-0.39, 0.29) is 0 Å². The highest BCUT2D eigenvalue weighted by molar-refractivity contribution is 6.12. The van der Waals surface area contributed by atoms with Crippen LogP contribution in [0.2, 0.25) is 0 Å². The lowest BCUT2D eigenvalue weighted by molar-refractivity contribution is 1.07. The summed E-state index contributed by atoms with van der Waals surface area (Å²) < 4.78 is 4.64. The van der Waals surface area contributed by atoms with Crippen molar-refractivity contribution < 1.29 is 0 Å². The van der Waals surface area contributed by atoms with Gasteiger partial charge in [-0.15, -0.1) is 0 Å². The number of hydrogen-bond acceptors (Lipinski definition) is 5. The molecule has 0 spiro atoms. The van der Waals surface area contributed by atoms with E-state index in [0.717, 1.165) is 105 Å². The number of benzene rings is 9. The Hall–Kier alpha value is -10.3. The molecule has 0 aliphatic carbocycles. The number of nitriles is 1. The number of fused-ring (bicyclic) bond motifs is 6. The normalized spacial score (nSPS) is 11.3. The summed E-state index contributed by atoms with van der Waals surface area (Å²) in [6.45, 7) is 7.91. The van der Waals surface area contributed by atoms with E-state index in [2.05, 4.69) is 129 Å². The van der Waals surface area contributed by atoms with Crippen molar-refractivity contribution in [1.29, 1.82) is 5.26 Å². The molecule has 0 fully saturated rings. The molecule has 0 aliphatic rings. The highest BCUT2D eigenvalue weighted by atomic mass is 15.0. The fourth-order valence-electron chi connectivity index (χ4n) is 10.3. The number of nitrogens with zero attached hydrogens (tertiary/aromatic N) is 8. The van der Waals surface area contributed by atoms with Crippen LogP contribution in [0, 0.1) is 17.9 Å². The van der Waals surface area contributed by atoms with E-state index >= 15 is 0 Å². The third-order valence-electron chi connectivity index (χ3n) is 13.6. The molecule has 0 unspecified atom stereocenters. The van der Waals surface area contributed by atoms with Gasteiger partial charge in [0.15, 0.2) is 23.2 Å². The molecule has 0 bridgehead atoms. The summed E-state index contributed by atoms with van der Waals surface area (Å²) >= 11 is 0. The zero-order valence-corrected chi connectivity index (χ0v) is 38.5. The van der Waals surface area contributed by atoms with Crippen molar-refractivity contribution in [2.45, 2.75) is 0 Å². The van der Waals surface area contributed by atoms with Gasteiger partial charge >= 0.3 is 0 Å². The first kappa shape index (κ1) is 41.9. The Morgan fingerprint density at radius 3 is 1.61 bits per heavy atom. The minimum atomic E-state index is 0.521. The van der Waals surface area contributed by atoms with Gasteiger partial charge in [-0.25, -0.2) is 19.8 Å². The highest BCUT2D eigenvalue weighted by Gasteiger charge is 2.23. The van der Waals surface area contributed by atoms with Gasteiger partial charge in [0.05, 0.1) is 46.0 Å². The number of para-hydroxylation sites is 3. The largest absolute Gasteiger partial charge is 0.309 e. The second-order valence-electron chi connectivity index (χ2n) is 17.6. The van der Waals surface area contributed by atoms with Crippen LogP contribution in [0.1, 0.15) is 5.56 Å². The first-order valence-corrected chi connectivity index (χ1v) is 23.6. The summed E-state index contributed by atoms with van der Waals surface area (Å²) in [6, 6.07) is 76.5. The Bertz CT molecular complexity index is 4310. The van der Waals surface area contributed by atoms with Gasteiger partial charge in [0.2, 0.25) is 0 Å². The Kier molecular flexibility index (Phi) is 10.1. The lowest BCUT2D eigenvalue weighted by atomic mass is 9.97. The number of aromatic nitrogens is 6. The monoisotopic (exact) mass is 918 g/mol. The van der Waals surface area contributed by atoms with Crippen LogP contribution in [0.5, 0.6) is 0 Å². The van der Waals surface area contributed by atoms with Crippen molar-refractivity contribution in [3.05, 3.63) is 248 Å². The molecule has 0 radical (unpaired) electrons. The smallest absolute Gasteiger partial charge is 0.194 e. The molecule has 0 saturated heterocycles. The van der Waals surface area contributed by atoms with Crippen molar-refractivity contribution in [3.63, 3.8) is 0 Å². The van der Waals surface area contributed by atoms with Gasteiger partial charge < -0.3 is 9.13 Å². The predicted octanol–water partition coefficient (Wildman–Crippen LogP) is 15.9. The minimum absolute atomic E-state index is 0.521. The van der Waals surface area contributed by atoms with E-state index in [4.69, 9.17) is 26.5 Å². The lowest BCUT2D eigenvalue weighted by Gasteiger charge is -2.18. The Morgan fingerprint density at radius 2 is 0.944 bits per heavy atom. The molecule has 13 aromatic rings. The van der Waals surface area contributed by atoms with Crippen LogP contribution in [0.25, 0.3) is 127 Å². The molecule has 8 nitrogen and oxygen atoms in total. The maximum absolute atomic E-state index is 10.1. The van der Waals surface area contributed by atoms with Gasteiger partial charge in [-0.2, -0.15) is 5.26 Å². The van der Waals surface area contributed by atoms with Gasteiger partial charge in [-0.1, -0.05) is 152 Å². The molecule has 334 valence electrons. The highest BCUT2D eigenvalue weighted by Crippen LogP contribution is 2.43. The van der Waals surface area contributed by atoms with Gasteiger partial charge in [-0.3, -0.25) is 4.98 Å². The summed E-state index contributed by atoms with van der Waals surface area (Å²) in [5.74, 6) is 1.65. The zero-order chi connectivity index (χ0) is 48.1. The van der Waals surface area contributed by atoms with E-state index < -0.39 is 0 Å². The molecule has 4 heterocycles. The van der Waals surface area contributed by atoms with Crippen molar-refractivity contribution in [2.24, 2.45) is 0 Å². The van der Waals surface area contributed by atoms with E-state index in [1.165, 1.54) is 0 Å². The first-order chi connectivity index (χ1) is 35.6. The molecule has 0 atom stereocenters. The molecule has 4 aromatic heterocycles. The topological polar surface area (TPSA) is 89.6 Å². The van der Waals surface area contributed by atoms with Crippen LogP contribution < -0.4 is 0 Å². The van der Waals surface area contributed by atoms with Crippen molar-refractivity contribution >= 4 is 49.3 Å². The maximum atomic E-state index is 10.1. The lowest BCUT2D eigenvalue weighted by Crippen LogP contribution is -2.04. The van der Waals surface area contributed by atoms with Crippen LogP contribution in [0.4, 0.5) is 5.69 Å². The second-order valence-corrected chi connectivity index (χ2v) is 17.6. The second kappa shape index (κ2) is 17.4. The number of pyridine rings is 1. The van der Waals surface area contributed by atoms with Gasteiger partial charge in [0.1, 0.15) is 0 Å². The summed E-state index contributed by atoms with van der Waals surface area (Å²) in [4.78, 5) is 24.3. The Morgan fingerprint density at radius 1 is 0.403 bits per heavy atom. The fourth-order valence-corrected chi connectivity index (χ4v) is 10.3. The molecule has 9 aromatic carbocycles. The quantitative estimate of drug-likeness (QED) is 0.142. The summed E-state index contributed by atoms with van der Waals surface area (Å²) in [5, 5.41) is 14.4. The van der Waals surface area contributed by atoms with Crippen LogP contribution in [-0.2, 0) is 0 Å². The number of hydrogen-bond donors (Lipinski definition) is 0. The molecule has 0 aliphatic heterocycles. The summed E-state index contributed by atoms with van der Waals surface area (Å²) in [6.07, 6.45) is 3.79. The van der Waals surface area contributed by atoms with Crippen LogP contribution in [0.15, 0.2) is 231 Å². The Labute approximate surface area is 414 Å². The summed E-state index contributed by atoms with van der Waals surface area (Å²) in [5.41, 5.74) is 15.3. The molecule has 13 rings (SSSR count). The molecular formula is C64H38N8. The van der Waals surface area contributed by atoms with E-state index in [9.17, 15) is 5.26 Å². The third-order valence-corrected chi connectivity index (χ3v) is 13.6. The first-order valence-electron chi connectivity index (χ1n) is 23.6. The van der Waals surface area contributed by atoms with Crippen LogP contribution in [0.3, 0.4) is 0 Å². The third kappa shape index (κ3) is 6.98. The average Bonchev–Trinajstić information content (AvgIpc) is 3.97. The van der Waals surface area contributed by atoms with Gasteiger partial charge in [0.25, 0.3) is 0 Å². The van der Waals surface area contributed by atoms with E-state index in [0.29, 0.717) is 28.7 Å². The van der Waals surface area contributed by atoms with E-state index in [1.807, 2.05) is 122 Å². The van der Waals surface area contributed by atoms with Crippen molar-refractivity contribution in [2.75, 3.05) is 0 Å². The zero-order valence-electron chi connectivity index (χ0n) is 38.5. The average molecular weight is 919 g/mol. The SMILES string of the molecule is [C-]#[N+]c1ccccc1-c1ccc2c(c1)c1ccccc1n2-c1ccc(-c2nc(-c3ccccc3)nc(-c3ccccc3)n2)c(-c2cnccc2-n2c3ccccc3c3cc(-c4ccccc4C#N)ccc32)c1. The minimum Gasteiger partial charge on any atom is -0.309 e. The molecule has 0 saturated carbocycles.